The van der Waals surface area contributed by atoms with E-state index in [1.165, 1.54) is 13.0 Å². The first kappa shape index (κ1) is 12.3. The number of nitrogen functional groups attached to an aromatic ring is 1. The van der Waals surface area contributed by atoms with Gasteiger partial charge in [-0.05, 0) is 45.5 Å². The fourth-order valence-electron chi connectivity index (χ4n) is 2.66. The molecule has 5 heteroatoms. The molecule has 0 aliphatic carbocycles. The number of aromatic nitrogens is 1. The van der Waals surface area contributed by atoms with Gasteiger partial charge in [-0.1, -0.05) is 0 Å². The third-order valence-corrected chi connectivity index (χ3v) is 3.81. The molecule has 3 N–H and O–H groups in total. The predicted molar refractivity (Wildman–Crippen MR) is 77.3 cm³/mol. The second-order valence-electron chi connectivity index (χ2n) is 5.39. The van der Waals surface area contributed by atoms with Crippen LogP contribution < -0.4 is 11.1 Å². The Balaban J connectivity index is 1.83. The highest BCUT2D eigenvalue weighted by atomic mass is 16.4. The van der Waals surface area contributed by atoms with Gasteiger partial charge in [0.05, 0.1) is 0 Å². The number of piperidine rings is 1. The number of hydrogen-bond donors (Lipinski definition) is 2. The Morgan fingerprint density at radius 2 is 2.32 bits per heavy atom. The lowest BCUT2D eigenvalue weighted by atomic mass is 10.1. The largest absolute Gasteiger partial charge is 0.424 e. The summed E-state index contributed by atoms with van der Waals surface area (Å²) in [6, 6.07) is 4.75. The average molecular weight is 260 g/mol. The molecule has 2 heterocycles. The maximum absolute atomic E-state index is 5.89. The lowest BCUT2D eigenvalue weighted by Gasteiger charge is -2.29. The molecule has 19 heavy (non-hydrogen) atoms. The molecule has 1 aliphatic rings. The molecule has 0 spiro atoms. The molecule has 1 aliphatic heterocycles. The zero-order chi connectivity index (χ0) is 13.4. The number of benzene rings is 1. The van der Waals surface area contributed by atoms with Gasteiger partial charge in [0.15, 0.2) is 5.58 Å². The van der Waals surface area contributed by atoms with Crippen molar-refractivity contribution in [3.05, 3.63) is 17.7 Å². The van der Waals surface area contributed by atoms with E-state index in [1.807, 2.05) is 19.1 Å². The summed E-state index contributed by atoms with van der Waals surface area (Å²) in [5.41, 5.74) is 9.27. The van der Waals surface area contributed by atoms with Crippen LogP contribution in [0.25, 0.3) is 11.1 Å². The minimum absolute atomic E-state index is 0.407. The Morgan fingerprint density at radius 3 is 3.11 bits per heavy atom. The van der Waals surface area contributed by atoms with Crippen molar-refractivity contribution >= 4 is 22.8 Å². The van der Waals surface area contributed by atoms with Gasteiger partial charge in [0.25, 0.3) is 6.01 Å². The van der Waals surface area contributed by atoms with Crippen molar-refractivity contribution in [2.75, 3.05) is 31.2 Å². The smallest absolute Gasteiger partial charge is 0.295 e. The maximum atomic E-state index is 5.89. The molecule has 1 fully saturated rings. The monoisotopic (exact) mass is 260 g/mol. The first-order valence-corrected chi connectivity index (χ1v) is 6.74. The molecule has 2 aromatic rings. The van der Waals surface area contributed by atoms with Crippen LogP contribution in [0, 0.1) is 6.92 Å². The van der Waals surface area contributed by atoms with Crippen LogP contribution in [0.3, 0.4) is 0 Å². The van der Waals surface area contributed by atoms with Crippen LogP contribution in [-0.2, 0) is 0 Å². The summed E-state index contributed by atoms with van der Waals surface area (Å²) in [7, 11) is 2.14. The van der Waals surface area contributed by atoms with Crippen LogP contribution in [0.2, 0.25) is 0 Å². The fourth-order valence-corrected chi connectivity index (χ4v) is 2.66. The molecule has 0 radical (unpaired) electrons. The van der Waals surface area contributed by atoms with Crippen molar-refractivity contribution in [1.82, 2.24) is 9.88 Å². The molecular weight excluding hydrogens is 240 g/mol. The highest BCUT2D eigenvalue weighted by Gasteiger charge is 2.19. The van der Waals surface area contributed by atoms with Crippen molar-refractivity contribution in [2.45, 2.75) is 25.8 Å². The van der Waals surface area contributed by atoms with Gasteiger partial charge in [-0.15, -0.1) is 0 Å². The molecule has 1 atom stereocenters. The standard InChI is InChI=1S/C14H20N4O/c1-9-11(15)5-6-12-13(9)17-14(19-12)16-10-4-3-7-18(2)8-10/h5-6,10H,3-4,7-8,15H2,1-2H3,(H,16,17). The Labute approximate surface area is 112 Å². The number of rotatable bonds is 2. The fraction of sp³-hybridized carbons (Fsp3) is 0.500. The van der Waals surface area contributed by atoms with Crippen molar-refractivity contribution in [2.24, 2.45) is 0 Å². The van der Waals surface area contributed by atoms with E-state index in [9.17, 15) is 0 Å². The van der Waals surface area contributed by atoms with Gasteiger partial charge in [-0.25, -0.2) is 0 Å². The molecule has 102 valence electrons. The van der Waals surface area contributed by atoms with E-state index in [-0.39, 0.29) is 0 Å². The summed E-state index contributed by atoms with van der Waals surface area (Å²) < 4.78 is 5.75. The van der Waals surface area contributed by atoms with Crippen LogP contribution in [-0.4, -0.2) is 36.1 Å². The van der Waals surface area contributed by atoms with Crippen molar-refractivity contribution in [3.8, 4) is 0 Å². The summed E-state index contributed by atoms with van der Waals surface area (Å²) in [4.78, 5) is 6.84. The molecule has 1 saturated heterocycles. The van der Waals surface area contributed by atoms with E-state index in [4.69, 9.17) is 10.2 Å². The van der Waals surface area contributed by atoms with E-state index >= 15 is 0 Å². The summed E-state index contributed by atoms with van der Waals surface area (Å²) in [5.74, 6) is 0. The van der Waals surface area contributed by atoms with Crippen LogP contribution in [0.15, 0.2) is 16.5 Å². The normalized spacial score (nSPS) is 20.8. The van der Waals surface area contributed by atoms with Gasteiger partial charge in [0.2, 0.25) is 0 Å². The Bertz CT molecular complexity index is 592. The predicted octanol–water partition coefficient (Wildman–Crippen LogP) is 2.22. The van der Waals surface area contributed by atoms with E-state index in [0.717, 1.165) is 35.3 Å². The highest BCUT2D eigenvalue weighted by molar-refractivity contribution is 5.83. The number of anilines is 2. The van der Waals surface area contributed by atoms with Crippen molar-refractivity contribution < 1.29 is 4.42 Å². The molecule has 0 saturated carbocycles. The molecule has 1 aromatic heterocycles. The number of likely N-dealkylation sites (N-methyl/N-ethyl adjacent to an activating group) is 1. The molecule has 0 amide bonds. The summed E-state index contributed by atoms with van der Waals surface area (Å²) in [6.45, 7) is 4.17. The minimum atomic E-state index is 0.407. The van der Waals surface area contributed by atoms with Gasteiger partial charge in [-0.3, -0.25) is 0 Å². The van der Waals surface area contributed by atoms with Crippen molar-refractivity contribution in [3.63, 3.8) is 0 Å². The van der Waals surface area contributed by atoms with Gasteiger partial charge >= 0.3 is 0 Å². The third-order valence-electron chi connectivity index (χ3n) is 3.81. The lowest BCUT2D eigenvalue weighted by Crippen LogP contribution is -2.39. The quantitative estimate of drug-likeness (QED) is 0.810. The summed E-state index contributed by atoms with van der Waals surface area (Å²) >= 11 is 0. The number of nitrogens with one attached hydrogen (secondary N) is 1. The second kappa shape index (κ2) is 4.74. The number of nitrogens with zero attached hydrogens (tertiary/aromatic N) is 2. The number of oxazole rings is 1. The van der Waals surface area contributed by atoms with E-state index in [2.05, 4.69) is 22.2 Å². The first-order valence-electron chi connectivity index (χ1n) is 6.74. The van der Waals surface area contributed by atoms with Crippen LogP contribution in [0.4, 0.5) is 11.7 Å². The minimum Gasteiger partial charge on any atom is -0.424 e. The topological polar surface area (TPSA) is 67.3 Å². The molecule has 1 unspecified atom stereocenters. The summed E-state index contributed by atoms with van der Waals surface area (Å²) in [6.07, 6.45) is 2.37. The van der Waals surface area contributed by atoms with Crippen LogP contribution in [0.1, 0.15) is 18.4 Å². The molecule has 1 aromatic carbocycles. The Hall–Kier alpha value is -1.75. The first-order chi connectivity index (χ1) is 9.13. The van der Waals surface area contributed by atoms with E-state index in [0.29, 0.717) is 12.1 Å². The zero-order valence-electron chi connectivity index (χ0n) is 11.4. The SMILES string of the molecule is Cc1c(N)ccc2oc(NC3CCCN(C)C3)nc12. The van der Waals surface area contributed by atoms with Gasteiger partial charge in [0, 0.05) is 23.8 Å². The van der Waals surface area contributed by atoms with Crippen LogP contribution in [0.5, 0.6) is 0 Å². The average Bonchev–Trinajstić information content (AvgIpc) is 2.77. The van der Waals surface area contributed by atoms with Gasteiger partial charge < -0.3 is 20.4 Å². The molecule has 0 bridgehead atoms. The highest BCUT2D eigenvalue weighted by Crippen LogP contribution is 2.26. The number of aryl methyl sites for hydroxylation is 1. The number of likely N-dealkylation sites (tertiary alicyclic amines) is 1. The summed E-state index contributed by atoms with van der Waals surface area (Å²) in [5, 5.41) is 3.39. The number of nitrogens with two attached hydrogens (primary N) is 1. The number of fused-ring (bicyclic) bond motifs is 1. The van der Waals surface area contributed by atoms with Gasteiger partial charge in [0.1, 0.15) is 5.52 Å². The van der Waals surface area contributed by atoms with Crippen LogP contribution >= 0.6 is 0 Å². The molecule has 3 rings (SSSR count). The van der Waals surface area contributed by atoms with Crippen molar-refractivity contribution in [1.29, 1.82) is 0 Å². The second-order valence-corrected chi connectivity index (χ2v) is 5.39. The third kappa shape index (κ3) is 2.38. The lowest BCUT2D eigenvalue weighted by molar-refractivity contribution is 0.259. The Morgan fingerprint density at radius 1 is 1.47 bits per heavy atom. The molecular formula is C14H20N4O. The Kier molecular flexibility index (Phi) is 3.06. The number of hydrogen-bond acceptors (Lipinski definition) is 5. The van der Waals surface area contributed by atoms with Gasteiger partial charge in [-0.2, -0.15) is 4.98 Å². The van der Waals surface area contributed by atoms with E-state index < -0.39 is 0 Å². The zero-order valence-corrected chi connectivity index (χ0v) is 11.4. The van der Waals surface area contributed by atoms with E-state index in [1.54, 1.807) is 0 Å². The molecule has 5 nitrogen and oxygen atoms in total. The maximum Gasteiger partial charge on any atom is 0.295 e.